The molecule has 7 aromatic carbocycles. The van der Waals surface area contributed by atoms with Gasteiger partial charge in [0, 0.05) is 16.7 Å². The van der Waals surface area contributed by atoms with Crippen LogP contribution >= 0.6 is 0 Å². The van der Waals surface area contributed by atoms with E-state index in [2.05, 4.69) is 179 Å². The SMILES string of the molecule is CC1(C)c2ccccc2-c2cc(-c3nc(-c4ccc5ccccc5c4)nc(-c4ccc5cc(-c6ccccc6)ccc5c4)n3)ccc2C1(C)C. The van der Waals surface area contributed by atoms with Crippen LogP contribution in [0.25, 0.3) is 78.0 Å². The van der Waals surface area contributed by atoms with Gasteiger partial charge in [0.15, 0.2) is 17.5 Å². The molecule has 1 aromatic heterocycles. The molecule has 1 aliphatic rings. The molecule has 240 valence electrons. The van der Waals surface area contributed by atoms with E-state index in [4.69, 9.17) is 15.0 Å². The summed E-state index contributed by atoms with van der Waals surface area (Å²) in [5.41, 5.74) is 10.5. The predicted molar refractivity (Wildman–Crippen MR) is 208 cm³/mol. The van der Waals surface area contributed by atoms with Gasteiger partial charge in [-0.2, -0.15) is 0 Å². The summed E-state index contributed by atoms with van der Waals surface area (Å²) in [6, 6.07) is 54.1. The first-order valence-electron chi connectivity index (χ1n) is 17.4. The Morgan fingerprint density at radius 1 is 0.320 bits per heavy atom. The molecule has 50 heavy (non-hydrogen) atoms. The van der Waals surface area contributed by atoms with E-state index in [0.29, 0.717) is 17.5 Å². The molecule has 0 unspecified atom stereocenters. The lowest BCUT2D eigenvalue weighted by atomic mass is 9.55. The minimum Gasteiger partial charge on any atom is -0.208 e. The average Bonchev–Trinajstić information content (AvgIpc) is 3.16. The summed E-state index contributed by atoms with van der Waals surface area (Å²) in [5, 5.41) is 4.67. The largest absolute Gasteiger partial charge is 0.208 e. The smallest absolute Gasteiger partial charge is 0.164 e. The third kappa shape index (κ3) is 4.84. The van der Waals surface area contributed by atoms with Crippen molar-refractivity contribution in [1.82, 2.24) is 15.0 Å². The highest BCUT2D eigenvalue weighted by Crippen LogP contribution is 2.54. The molecule has 0 spiro atoms. The van der Waals surface area contributed by atoms with E-state index in [1.54, 1.807) is 0 Å². The van der Waals surface area contributed by atoms with Crippen molar-refractivity contribution in [2.24, 2.45) is 0 Å². The summed E-state index contributed by atoms with van der Waals surface area (Å²) in [6.07, 6.45) is 0. The molecular weight excluding hydrogens is 607 g/mol. The van der Waals surface area contributed by atoms with Crippen molar-refractivity contribution in [1.29, 1.82) is 0 Å². The van der Waals surface area contributed by atoms with Crippen molar-refractivity contribution in [2.75, 3.05) is 0 Å². The van der Waals surface area contributed by atoms with Crippen LogP contribution in [-0.2, 0) is 10.8 Å². The maximum atomic E-state index is 5.18. The Morgan fingerprint density at radius 3 is 1.42 bits per heavy atom. The lowest BCUT2D eigenvalue weighted by Gasteiger charge is -2.48. The van der Waals surface area contributed by atoms with Gasteiger partial charge in [-0.3, -0.25) is 0 Å². The minimum absolute atomic E-state index is 0.0281. The molecule has 0 fully saturated rings. The minimum atomic E-state index is -0.0683. The predicted octanol–water partition coefficient (Wildman–Crippen LogP) is 12.1. The molecular formula is C47H37N3. The van der Waals surface area contributed by atoms with Crippen LogP contribution in [0.2, 0.25) is 0 Å². The number of nitrogens with zero attached hydrogens (tertiary/aromatic N) is 3. The summed E-state index contributed by atoms with van der Waals surface area (Å²) in [6.45, 7) is 9.46. The summed E-state index contributed by atoms with van der Waals surface area (Å²) in [4.78, 5) is 15.5. The van der Waals surface area contributed by atoms with Gasteiger partial charge in [0.05, 0.1) is 0 Å². The highest BCUT2D eigenvalue weighted by molar-refractivity contribution is 5.91. The first kappa shape index (κ1) is 30.2. The molecule has 0 aliphatic heterocycles. The number of fused-ring (bicyclic) bond motifs is 5. The third-order valence-corrected chi connectivity index (χ3v) is 11.3. The van der Waals surface area contributed by atoms with Crippen molar-refractivity contribution in [2.45, 2.75) is 38.5 Å². The van der Waals surface area contributed by atoms with Gasteiger partial charge in [-0.25, -0.2) is 15.0 Å². The van der Waals surface area contributed by atoms with Crippen molar-refractivity contribution in [3.05, 3.63) is 163 Å². The molecule has 0 saturated carbocycles. The Bertz CT molecular complexity index is 2600. The van der Waals surface area contributed by atoms with Crippen molar-refractivity contribution in [3.8, 4) is 56.4 Å². The zero-order chi connectivity index (χ0) is 34.0. The zero-order valence-corrected chi connectivity index (χ0v) is 28.8. The van der Waals surface area contributed by atoms with E-state index in [9.17, 15) is 0 Å². The highest BCUT2D eigenvalue weighted by Gasteiger charge is 2.45. The van der Waals surface area contributed by atoms with Crippen LogP contribution in [0.3, 0.4) is 0 Å². The molecule has 1 heterocycles. The fraction of sp³-hybridized carbons (Fsp3) is 0.128. The molecule has 9 rings (SSSR count). The highest BCUT2D eigenvalue weighted by atomic mass is 15.0. The van der Waals surface area contributed by atoms with Crippen LogP contribution in [0, 0.1) is 0 Å². The molecule has 0 radical (unpaired) electrons. The molecule has 8 aromatic rings. The number of benzene rings is 7. The van der Waals surface area contributed by atoms with Crippen LogP contribution in [0.1, 0.15) is 38.8 Å². The van der Waals surface area contributed by atoms with Crippen molar-refractivity contribution >= 4 is 21.5 Å². The van der Waals surface area contributed by atoms with Crippen LogP contribution in [0.5, 0.6) is 0 Å². The Kier molecular flexibility index (Phi) is 6.82. The first-order chi connectivity index (χ1) is 24.3. The van der Waals surface area contributed by atoms with E-state index in [1.807, 2.05) is 0 Å². The molecule has 0 bridgehead atoms. The quantitative estimate of drug-likeness (QED) is 0.192. The lowest BCUT2D eigenvalue weighted by Crippen LogP contribution is -2.43. The number of rotatable bonds is 4. The number of hydrogen-bond acceptors (Lipinski definition) is 3. The average molecular weight is 644 g/mol. The van der Waals surface area contributed by atoms with Gasteiger partial charge >= 0.3 is 0 Å². The topological polar surface area (TPSA) is 38.7 Å². The standard InChI is InChI=1S/C47H37N3/c1-46(2)41-17-11-10-16-39(41)40-29-38(24-25-42(40)47(46,3)4)45-49-43(36-22-18-31-14-8-9-15-32(31)27-36)48-44(50-45)37-23-21-34-26-33(19-20-35(34)28-37)30-12-6-5-7-13-30/h5-29H,1-4H3. The van der Waals surface area contributed by atoms with E-state index < -0.39 is 0 Å². The van der Waals surface area contributed by atoms with E-state index >= 15 is 0 Å². The fourth-order valence-electron chi connectivity index (χ4n) is 7.67. The van der Waals surface area contributed by atoms with Gasteiger partial charge in [-0.15, -0.1) is 0 Å². The molecule has 3 heteroatoms. The van der Waals surface area contributed by atoms with Gasteiger partial charge in [0.1, 0.15) is 0 Å². The Labute approximate surface area is 293 Å². The zero-order valence-electron chi connectivity index (χ0n) is 28.8. The molecule has 0 N–H and O–H groups in total. The summed E-state index contributed by atoms with van der Waals surface area (Å²) >= 11 is 0. The van der Waals surface area contributed by atoms with Gasteiger partial charge in [-0.05, 0) is 90.0 Å². The molecule has 0 atom stereocenters. The second-order valence-electron chi connectivity index (χ2n) is 14.6. The van der Waals surface area contributed by atoms with Crippen LogP contribution in [0.4, 0.5) is 0 Å². The Hall–Kier alpha value is -5.93. The lowest BCUT2D eigenvalue weighted by molar-refractivity contribution is 0.299. The molecule has 3 nitrogen and oxygen atoms in total. The normalized spacial score (nSPS) is 14.3. The number of aromatic nitrogens is 3. The third-order valence-electron chi connectivity index (χ3n) is 11.3. The first-order valence-corrected chi connectivity index (χ1v) is 17.4. The maximum absolute atomic E-state index is 5.18. The fourth-order valence-corrected chi connectivity index (χ4v) is 7.67. The van der Waals surface area contributed by atoms with Gasteiger partial charge in [-0.1, -0.05) is 155 Å². The van der Waals surface area contributed by atoms with Crippen molar-refractivity contribution < 1.29 is 0 Å². The van der Waals surface area contributed by atoms with E-state index in [0.717, 1.165) is 27.5 Å². The second kappa shape index (κ2) is 11.3. The Balaban J connectivity index is 1.21. The van der Waals surface area contributed by atoms with Crippen LogP contribution in [0.15, 0.2) is 152 Å². The van der Waals surface area contributed by atoms with Crippen molar-refractivity contribution in [3.63, 3.8) is 0 Å². The van der Waals surface area contributed by atoms with Crippen LogP contribution in [-0.4, -0.2) is 15.0 Å². The summed E-state index contributed by atoms with van der Waals surface area (Å²) < 4.78 is 0. The second-order valence-corrected chi connectivity index (χ2v) is 14.6. The van der Waals surface area contributed by atoms with Gasteiger partial charge < -0.3 is 0 Å². The summed E-state index contributed by atoms with van der Waals surface area (Å²) in [7, 11) is 0. The molecule has 0 saturated heterocycles. The van der Waals surface area contributed by atoms with Crippen LogP contribution < -0.4 is 0 Å². The van der Waals surface area contributed by atoms with Gasteiger partial charge in [0.2, 0.25) is 0 Å². The molecule has 1 aliphatic carbocycles. The van der Waals surface area contributed by atoms with E-state index in [1.165, 1.54) is 44.2 Å². The van der Waals surface area contributed by atoms with Gasteiger partial charge in [0.25, 0.3) is 0 Å². The maximum Gasteiger partial charge on any atom is 0.164 e. The monoisotopic (exact) mass is 643 g/mol. The van der Waals surface area contributed by atoms with E-state index in [-0.39, 0.29) is 10.8 Å². The Morgan fingerprint density at radius 2 is 0.760 bits per heavy atom. The summed E-state index contributed by atoms with van der Waals surface area (Å²) in [5.74, 6) is 1.99. The number of hydrogen-bond donors (Lipinski definition) is 0. The molecule has 0 amide bonds.